The van der Waals surface area contributed by atoms with Gasteiger partial charge in [-0.15, -0.1) is 0 Å². The van der Waals surface area contributed by atoms with Crippen molar-refractivity contribution >= 4 is 11.6 Å². The second-order valence-electron chi connectivity index (χ2n) is 4.03. The van der Waals surface area contributed by atoms with Gasteiger partial charge in [-0.25, -0.2) is 0 Å². The predicted molar refractivity (Wildman–Crippen MR) is 67.8 cm³/mol. The molecule has 2 aromatic heterocycles. The molecule has 0 amide bonds. The van der Waals surface area contributed by atoms with E-state index in [9.17, 15) is 0 Å². The van der Waals surface area contributed by atoms with E-state index in [-0.39, 0.29) is 6.04 Å². The van der Waals surface area contributed by atoms with Gasteiger partial charge in [-0.2, -0.15) is 5.10 Å². The van der Waals surface area contributed by atoms with E-state index in [0.717, 1.165) is 17.1 Å². The fourth-order valence-corrected chi connectivity index (χ4v) is 2.05. The number of rotatable bonds is 3. The first-order valence-corrected chi connectivity index (χ1v) is 5.82. The third-order valence-electron chi connectivity index (χ3n) is 2.74. The molecule has 0 bridgehead atoms. The van der Waals surface area contributed by atoms with Gasteiger partial charge in [0.2, 0.25) is 0 Å². The third kappa shape index (κ3) is 2.48. The molecule has 0 aliphatic rings. The molecule has 2 aromatic rings. The topological polar surface area (TPSA) is 56.7 Å². The Morgan fingerprint density at radius 3 is 2.76 bits per heavy atom. The summed E-state index contributed by atoms with van der Waals surface area (Å²) in [6, 6.07) is 5.56. The molecule has 17 heavy (non-hydrogen) atoms. The molecule has 0 aromatic carbocycles. The summed E-state index contributed by atoms with van der Waals surface area (Å²) in [5, 5.41) is 4.96. The Morgan fingerprint density at radius 2 is 2.24 bits per heavy atom. The quantitative estimate of drug-likeness (QED) is 0.907. The number of aromatic nitrogens is 3. The molecule has 0 saturated carbocycles. The lowest BCUT2D eigenvalue weighted by Gasteiger charge is -2.11. The molecule has 0 fully saturated rings. The van der Waals surface area contributed by atoms with Crippen LogP contribution in [-0.4, -0.2) is 14.8 Å². The van der Waals surface area contributed by atoms with Crippen LogP contribution in [0.3, 0.4) is 0 Å². The smallest absolute Gasteiger partial charge is 0.0847 e. The van der Waals surface area contributed by atoms with Crippen molar-refractivity contribution in [3.63, 3.8) is 0 Å². The van der Waals surface area contributed by atoms with E-state index in [4.69, 9.17) is 17.3 Å². The van der Waals surface area contributed by atoms with E-state index in [1.54, 1.807) is 10.9 Å². The molecular formula is C12H15ClN4. The highest BCUT2D eigenvalue weighted by molar-refractivity contribution is 6.31. The average molecular weight is 251 g/mol. The van der Waals surface area contributed by atoms with Crippen LogP contribution in [0.2, 0.25) is 5.02 Å². The number of aryl methyl sites for hydroxylation is 2. The summed E-state index contributed by atoms with van der Waals surface area (Å²) < 4.78 is 1.78. The Bertz CT molecular complexity index is 507. The van der Waals surface area contributed by atoms with Gasteiger partial charge in [0, 0.05) is 19.7 Å². The van der Waals surface area contributed by atoms with Crippen LogP contribution in [0.5, 0.6) is 0 Å². The van der Waals surface area contributed by atoms with Gasteiger partial charge in [0.25, 0.3) is 0 Å². The van der Waals surface area contributed by atoms with Gasteiger partial charge in [-0.05, 0) is 19.1 Å². The summed E-state index contributed by atoms with van der Waals surface area (Å²) in [6.07, 6.45) is 2.37. The summed E-state index contributed by atoms with van der Waals surface area (Å²) in [4.78, 5) is 4.24. The minimum atomic E-state index is -0.163. The molecule has 0 radical (unpaired) electrons. The van der Waals surface area contributed by atoms with Crippen LogP contribution in [0.25, 0.3) is 0 Å². The normalized spacial score (nSPS) is 12.7. The molecule has 0 saturated heterocycles. The molecule has 1 unspecified atom stereocenters. The standard InChI is InChI=1S/C12H15ClN4/c1-8-12(13)11(17(2)16-8)7-9(14)10-5-3-4-6-15-10/h3-6,9H,7,14H2,1-2H3. The molecule has 0 spiro atoms. The summed E-state index contributed by atoms with van der Waals surface area (Å²) in [5.74, 6) is 0. The SMILES string of the molecule is Cc1nn(C)c(CC(N)c2ccccn2)c1Cl. The highest BCUT2D eigenvalue weighted by atomic mass is 35.5. The maximum Gasteiger partial charge on any atom is 0.0847 e. The molecule has 5 heteroatoms. The van der Waals surface area contributed by atoms with Crippen LogP contribution in [0.1, 0.15) is 23.1 Å². The molecule has 4 nitrogen and oxygen atoms in total. The fourth-order valence-electron chi connectivity index (χ4n) is 1.81. The van der Waals surface area contributed by atoms with Crippen LogP contribution < -0.4 is 5.73 Å². The monoisotopic (exact) mass is 250 g/mol. The maximum atomic E-state index is 6.19. The zero-order valence-electron chi connectivity index (χ0n) is 9.89. The number of pyridine rings is 1. The first-order chi connectivity index (χ1) is 8.09. The van der Waals surface area contributed by atoms with Gasteiger partial charge in [0.1, 0.15) is 0 Å². The van der Waals surface area contributed by atoms with E-state index < -0.39 is 0 Å². The van der Waals surface area contributed by atoms with Crippen molar-refractivity contribution in [3.05, 3.63) is 46.5 Å². The van der Waals surface area contributed by atoms with Crippen molar-refractivity contribution in [2.45, 2.75) is 19.4 Å². The van der Waals surface area contributed by atoms with Gasteiger partial charge in [-0.1, -0.05) is 17.7 Å². The minimum absolute atomic E-state index is 0.163. The number of nitrogens with zero attached hydrogens (tertiary/aromatic N) is 3. The Hall–Kier alpha value is -1.39. The van der Waals surface area contributed by atoms with Gasteiger partial charge < -0.3 is 5.73 Å². The predicted octanol–water partition coefficient (Wildman–Crippen LogP) is 2.02. The second-order valence-corrected chi connectivity index (χ2v) is 4.41. The largest absolute Gasteiger partial charge is 0.322 e. The number of hydrogen-bond acceptors (Lipinski definition) is 3. The van der Waals surface area contributed by atoms with E-state index in [0.29, 0.717) is 11.4 Å². The molecule has 2 rings (SSSR count). The molecule has 2 heterocycles. The minimum Gasteiger partial charge on any atom is -0.322 e. The molecule has 1 atom stereocenters. The summed E-state index contributed by atoms with van der Waals surface area (Å²) >= 11 is 6.19. The zero-order valence-corrected chi connectivity index (χ0v) is 10.6. The van der Waals surface area contributed by atoms with Crippen molar-refractivity contribution in [3.8, 4) is 0 Å². The lowest BCUT2D eigenvalue weighted by molar-refractivity contribution is 0.629. The lowest BCUT2D eigenvalue weighted by atomic mass is 10.1. The van der Waals surface area contributed by atoms with Crippen molar-refractivity contribution in [1.29, 1.82) is 0 Å². The van der Waals surface area contributed by atoms with Crippen LogP contribution in [0, 0.1) is 6.92 Å². The number of hydrogen-bond donors (Lipinski definition) is 1. The van der Waals surface area contributed by atoms with Gasteiger partial charge >= 0.3 is 0 Å². The highest BCUT2D eigenvalue weighted by Crippen LogP contribution is 2.23. The van der Waals surface area contributed by atoms with Gasteiger partial charge in [0.05, 0.1) is 28.1 Å². The van der Waals surface area contributed by atoms with Gasteiger partial charge in [0.15, 0.2) is 0 Å². The van der Waals surface area contributed by atoms with Crippen molar-refractivity contribution < 1.29 is 0 Å². The summed E-state index contributed by atoms with van der Waals surface area (Å²) in [7, 11) is 1.87. The van der Waals surface area contributed by atoms with E-state index in [2.05, 4.69) is 10.1 Å². The maximum absolute atomic E-state index is 6.19. The van der Waals surface area contributed by atoms with Crippen molar-refractivity contribution in [2.75, 3.05) is 0 Å². The van der Waals surface area contributed by atoms with Gasteiger partial charge in [-0.3, -0.25) is 9.67 Å². The molecular weight excluding hydrogens is 236 g/mol. The zero-order chi connectivity index (χ0) is 12.4. The summed E-state index contributed by atoms with van der Waals surface area (Å²) in [6.45, 7) is 1.89. The Morgan fingerprint density at radius 1 is 1.47 bits per heavy atom. The lowest BCUT2D eigenvalue weighted by Crippen LogP contribution is -2.16. The second kappa shape index (κ2) is 4.85. The van der Waals surface area contributed by atoms with E-state index >= 15 is 0 Å². The van der Waals surface area contributed by atoms with Crippen LogP contribution in [0.15, 0.2) is 24.4 Å². The van der Waals surface area contributed by atoms with Crippen molar-refractivity contribution in [1.82, 2.24) is 14.8 Å². The summed E-state index contributed by atoms with van der Waals surface area (Å²) in [5.41, 5.74) is 8.75. The first kappa shape index (κ1) is 12.1. The Kier molecular flexibility index (Phi) is 3.45. The van der Waals surface area contributed by atoms with Crippen LogP contribution >= 0.6 is 11.6 Å². The number of halogens is 1. The molecule has 2 N–H and O–H groups in total. The van der Waals surface area contributed by atoms with Crippen molar-refractivity contribution in [2.24, 2.45) is 12.8 Å². The fraction of sp³-hybridized carbons (Fsp3) is 0.333. The molecule has 0 aliphatic carbocycles. The number of nitrogens with two attached hydrogens (primary N) is 1. The van der Waals surface area contributed by atoms with Crippen LogP contribution in [0.4, 0.5) is 0 Å². The average Bonchev–Trinajstić information content (AvgIpc) is 2.57. The third-order valence-corrected chi connectivity index (χ3v) is 3.23. The van der Waals surface area contributed by atoms with E-state index in [1.165, 1.54) is 0 Å². The Balaban J connectivity index is 2.22. The molecule has 90 valence electrons. The highest BCUT2D eigenvalue weighted by Gasteiger charge is 2.16. The van der Waals surface area contributed by atoms with Crippen LogP contribution in [-0.2, 0) is 13.5 Å². The van der Waals surface area contributed by atoms with E-state index in [1.807, 2.05) is 32.2 Å². The molecule has 0 aliphatic heterocycles. The Labute approximate surface area is 105 Å². The first-order valence-electron chi connectivity index (χ1n) is 5.44.